The van der Waals surface area contributed by atoms with Crippen molar-refractivity contribution in [2.45, 2.75) is 105 Å². The van der Waals surface area contributed by atoms with Crippen LogP contribution in [0.15, 0.2) is 4.42 Å². The molecule has 1 aromatic rings. The molecular formula is C28H47N3O2. The van der Waals surface area contributed by atoms with Gasteiger partial charge in [-0.2, -0.15) is 0 Å². The number of rotatable bonds is 5. The first kappa shape index (κ1) is 23.6. The Morgan fingerprint density at radius 1 is 1.06 bits per heavy atom. The van der Waals surface area contributed by atoms with E-state index in [1.165, 1.54) is 44.9 Å². The molecule has 0 amide bonds. The third kappa shape index (κ3) is 3.67. The molecule has 1 aromatic heterocycles. The highest BCUT2D eigenvalue weighted by atomic mass is 16.4. The lowest BCUT2D eigenvalue weighted by Gasteiger charge is -2.65. The molecule has 1 heterocycles. The van der Waals surface area contributed by atoms with Crippen molar-refractivity contribution in [2.75, 3.05) is 5.73 Å². The van der Waals surface area contributed by atoms with Crippen molar-refractivity contribution in [3.63, 3.8) is 0 Å². The Labute approximate surface area is 200 Å². The van der Waals surface area contributed by atoms with Gasteiger partial charge in [0.1, 0.15) is 0 Å². The molecule has 0 spiro atoms. The van der Waals surface area contributed by atoms with Crippen molar-refractivity contribution in [1.82, 2.24) is 10.2 Å². The van der Waals surface area contributed by atoms with E-state index in [-0.39, 0.29) is 12.1 Å². The van der Waals surface area contributed by atoms with Gasteiger partial charge in [0, 0.05) is 6.42 Å². The van der Waals surface area contributed by atoms with Gasteiger partial charge in [-0.25, -0.2) is 0 Å². The van der Waals surface area contributed by atoms with Crippen LogP contribution < -0.4 is 5.73 Å². The van der Waals surface area contributed by atoms with Crippen LogP contribution in [-0.2, 0) is 6.42 Å². The lowest BCUT2D eigenvalue weighted by atomic mass is 9.41. The van der Waals surface area contributed by atoms with E-state index in [4.69, 9.17) is 10.2 Å². The highest BCUT2D eigenvalue weighted by molar-refractivity contribution is 5.13. The van der Waals surface area contributed by atoms with Gasteiger partial charge >= 0.3 is 6.01 Å². The second-order valence-electron chi connectivity index (χ2n) is 13.1. The van der Waals surface area contributed by atoms with Gasteiger partial charge in [-0.05, 0) is 103 Å². The van der Waals surface area contributed by atoms with Gasteiger partial charge in [0.15, 0.2) is 0 Å². The summed E-state index contributed by atoms with van der Waals surface area (Å²) in [6, 6.07) is 0.171. The minimum absolute atomic E-state index is 0.108. The smallest absolute Gasteiger partial charge is 0.312 e. The molecule has 33 heavy (non-hydrogen) atoms. The fourth-order valence-corrected chi connectivity index (χ4v) is 10.1. The number of nitrogen functional groups attached to an aromatic ring is 1. The molecular weight excluding hydrogens is 410 g/mol. The number of aryl methyl sites for hydroxylation is 1. The summed E-state index contributed by atoms with van der Waals surface area (Å²) in [4.78, 5) is 0. The molecule has 5 heteroatoms. The molecule has 0 aromatic carbocycles. The summed E-state index contributed by atoms with van der Waals surface area (Å²) >= 11 is 0. The Balaban J connectivity index is 1.37. The number of fused-ring (bicyclic) bond motifs is 5. The number of nitrogens with two attached hydrogens (primary N) is 1. The van der Waals surface area contributed by atoms with Crippen LogP contribution in [0.4, 0.5) is 6.01 Å². The SMILES string of the molecule is CC[C@H]1[C@@H](O)[C@@H]2[C@H](CC[C@]3(C)[C@@H]([C@H](C)CCc4nnc(N)o4)CC[C@@H]23)[C@@]2(C)CC[C@@H](C)C[C@@H]12. The molecule has 0 saturated heterocycles. The minimum Gasteiger partial charge on any atom is -0.408 e. The minimum atomic E-state index is -0.108. The maximum absolute atomic E-state index is 11.9. The van der Waals surface area contributed by atoms with Gasteiger partial charge in [0.25, 0.3) is 0 Å². The van der Waals surface area contributed by atoms with E-state index < -0.39 is 0 Å². The summed E-state index contributed by atoms with van der Waals surface area (Å²) < 4.78 is 5.43. The number of aliphatic hydroxyl groups is 1. The second kappa shape index (κ2) is 8.53. The molecule has 3 N–H and O–H groups in total. The average molecular weight is 458 g/mol. The number of aromatic nitrogens is 2. The van der Waals surface area contributed by atoms with Crippen molar-refractivity contribution in [1.29, 1.82) is 0 Å². The zero-order chi connectivity index (χ0) is 23.5. The number of hydrogen-bond acceptors (Lipinski definition) is 5. The predicted octanol–water partition coefficient (Wildman–Crippen LogP) is 6.12. The summed E-state index contributed by atoms with van der Waals surface area (Å²) in [6.45, 7) is 12.4. The fraction of sp³-hybridized carbons (Fsp3) is 0.929. The lowest BCUT2D eigenvalue weighted by molar-refractivity contribution is -0.198. The summed E-state index contributed by atoms with van der Waals surface area (Å²) in [6.07, 6.45) is 12.2. The number of anilines is 1. The van der Waals surface area contributed by atoms with E-state index in [9.17, 15) is 5.11 Å². The highest BCUT2D eigenvalue weighted by Crippen LogP contribution is 2.69. The molecule has 11 atom stereocenters. The van der Waals surface area contributed by atoms with Crippen molar-refractivity contribution in [2.24, 2.45) is 58.2 Å². The molecule has 5 rings (SSSR count). The topological polar surface area (TPSA) is 85.2 Å². The van der Waals surface area contributed by atoms with Crippen LogP contribution in [0.2, 0.25) is 0 Å². The summed E-state index contributed by atoms with van der Waals surface area (Å²) in [5.41, 5.74) is 6.39. The molecule has 0 aliphatic heterocycles. The van der Waals surface area contributed by atoms with Crippen molar-refractivity contribution in [3.05, 3.63) is 5.89 Å². The van der Waals surface area contributed by atoms with Crippen molar-refractivity contribution >= 4 is 6.01 Å². The highest BCUT2D eigenvalue weighted by Gasteiger charge is 2.64. The molecule has 5 nitrogen and oxygen atoms in total. The Hall–Kier alpha value is -1.10. The third-order valence-corrected chi connectivity index (χ3v) is 11.7. The van der Waals surface area contributed by atoms with E-state index in [1.807, 2.05) is 0 Å². The maximum Gasteiger partial charge on any atom is 0.312 e. The lowest BCUT2D eigenvalue weighted by Crippen LogP contribution is -2.61. The van der Waals surface area contributed by atoms with Gasteiger partial charge in [0.05, 0.1) is 6.10 Å². The Morgan fingerprint density at radius 3 is 2.48 bits per heavy atom. The number of hydrogen-bond donors (Lipinski definition) is 2. The normalized spacial score (nSPS) is 48.1. The van der Waals surface area contributed by atoms with E-state index >= 15 is 0 Å². The van der Waals surface area contributed by atoms with Crippen LogP contribution in [0, 0.1) is 58.2 Å². The molecule has 186 valence electrons. The number of aliphatic hydroxyl groups excluding tert-OH is 1. The standard InChI is InChI=1S/C28H47N3O2/c1-6-18-22-15-16(2)11-13-28(22,5)21-12-14-27(4)19(8-9-20(27)24(21)25(18)32)17(3)7-10-23-30-31-26(29)33-23/h16-22,24-25,32H,6-15H2,1-5H3,(H2,29,31)/t16-,17-,18-,19-,20+,21+,22+,24+,25-,27-,28-/m1/s1. The fourth-order valence-electron chi connectivity index (χ4n) is 10.1. The second-order valence-corrected chi connectivity index (χ2v) is 13.1. The monoisotopic (exact) mass is 457 g/mol. The summed E-state index contributed by atoms with van der Waals surface area (Å²) in [5, 5.41) is 19.8. The van der Waals surface area contributed by atoms with E-state index in [1.54, 1.807) is 0 Å². The Morgan fingerprint density at radius 2 is 1.79 bits per heavy atom. The first-order valence-electron chi connectivity index (χ1n) is 13.9. The number of nitrogens with zero attached hydrogens (tertiary/aromatic N) is 2. The van der Waals surface area contributed by atoms with Gasteiger partial charge in [-0.15, -0.1) is 5.10 Å². The maximum atomic E-state index is 11.9. The van der Waals surface area contributed by atoms with Gasteiger partial charge in [-0.3, -0.25) is 0 Å². The van der Waals surface area contributed by atoms with Gasteiger partial charge in [0.2, 0.25) is 5.89 Å². The average Bonchev–Trinajstić information content (AvgIpc) is 3.36. The third-order valence-electron chi connectivity index (χ3n) is 11.7. The zero-order valence-electron chi connectivity index (χ0n) is 21.6. The zero-order valence-corrected chi connectivity index (χ0v) is 21.6. The van der Waals surface area contributed by atoms with Crippen LogP contribution >= 0.6 is 0 Å². The molecule has 4 saturated carbocycles. The Bertz CT molecular complexity index is 841. The summed E-state index contributed by atoms with van der Waals surface area (Å²) in [7, 11) is 0. The van der Waals surface area contributed by atoms with Crippen molar-refractivity contribution < 1.29 is 9.52 Å². The van der Waals surface area contributed by atoms with Crippen LogP contribution in [0.1, 0.15) is 98.3 Å². The van der Waals surface area contributed by atoms with Crippen LogP contribution in [0.25, 0.3) is 0 Å². The first-order valence-corrected chi connectivity index (χ1v) is 13.9. The summed E-state index contributed by atoms with van der Waals surface area (Å²) in [5.74, 6) is 5.90. The molecule has 4 aliphatic carbocycles. The van der Waals surface area contributed by atoms with Crippen molar-refractivity contribution in [3.8, 4) is 0 Å². The van der Waals surface area contributed by atoms with Crippen LogP contribution in [0.5, 0.6) is 0 Å². The van der Waals surface area contributed by atoms with E-state index in [0.29, 0.717) is 58.1 Å². The van der Waals surface area contributed by atoms with E-state index in [2.05, 4.69) is 44.8 Å². The van der Waals surface area contributed by atoms with Crippen LogP contribution in [0.3, 0.4) is 0 Å². The molecule has 4 fully saturated rings. The van der Waals surface area contributed by atoms with E-state index in [0.717, 1.165) is 25.2 Å². The first-order chi connectivity index (χ1) is 15.7. The molecule has 0 unspecified atom stereocenters. The quantitative estimate of drug-likeness (QED) is 0.556. The Kier molecular flexibility index (Phi) is 6.11. The van der Waals surface area contributed by atoms with Gasteiger partial charge in [-0.1, -0.05) is 52.6 Å². The largest absolute Gasteiger partial charge is 0.408 e. The van der Waals surface area contributed by atoms with Crippen LogP contribution in [-0.4, -0.2) is 21.4 Å². The van der Waals surface area contributed by atoms with Gasteiger partial charge < -0.3 is 15.3 Å². The molecule has 4 aliphatic rings. The molecule has 0 bridgehead atoms. The predicted molar refractivity (Wildman–Crippen MR) is 131 cm³/mol. The molecule has 0 radical (unpaired) electrons.